The lowest BCUT2D eigenvalue weighted by Crippen LogP contribution is -2.46. The van der Waals surface area contributed by atoms with E-state index >= 15 is 0 Å². The number of hydrogen-bond acceptors (Lipinski definition) is 7. The summed E-state index contributed by atoms with van der Waals surface area (Å²) < 4.78 is 10.2. The van der Waals surface area contributed by atoms with Gasteiger partial charge in [-0.25, -0.2) is 9.59 Å². The SMILES string of the molecule is CCOC(=O)N[C@@H](Nc1scc(-c2ccccc2)c1C(=O)OCC)C(=O)c1ccccc1. The number of nitrogens with one attached hydrogen (secondary N) is 2. The van der Waals surface area contributed by atoms with Crippen LogP contribution in [0.2, 0.25) is 0 Å². The van der Waals surface area contributed by atoms with Crippen LogP contribution in [0.25, 0.3) is 11.1 Å². The molecule has 1 heterocycles. The first-order valence-corrected chi connectivity index (χ1v) is 11.1. The molecule has 7 nitrogen and oxygen atoms in total. The first kappa shape index (κ1) is 23.0. The molecule has 0 aliphatic rings. The van der Waals surface area contributed by atoms with Crippen molar-refractivity contribution in [3.05, 3.63) is 77.2 Å². The Balaban J connectivity index is 1.99. The smallest absolute Gasteiger partial charge is 0.409 e. The molecule has 1 amide bonds. The van der Waals surface area contributed by atoms with Gasteiger partial charge in [-0.1, -0.05) is 60.7 Å². The molecule has 2 N–H and O–H groups in total. The van der Waals surface area contributed by atoms with Crippen LogP contribution < -0.4 is 10.6 Å². The number of benzene rings is 2. The fourth-order valence-electron chi connectivity index (χ4n) is 3.06. The first-order valence-electron chi connectivity index (χ1n) is 10.2. The first-order chi connectivity index (χ1) is 15.5. The number of thiophene rings is 1. The number of amides is 1. The summed E-state index contributed by atoms with van der Waals surface area (Å²) in [5, 5.41) is 7.79. The minimum Gasteiger partial charge on any atom is -0.462 e. The van der Waals surface area contributed by atoms with Gasteiger partial charge in [-0.2, -0.15) is 0 Å². The quantitative estimate of drug-likeness (QED) is 0.271. The number of alkyl carbamates (subject to hydrolysis) is 1. The molecular formula is C24H24N2O5S. The molecule has 0 saturated carbocycles. The molecule has 0 aliphatic carbocycles. The highest BCUT2D eigenvalue weighted by Gasteiger charge is 2.28. The number of anilines is 1. The van der Waals surface area contributed by atoms with Gasteiger partial charge in [0, 0.05) is 16.5 Å². The third-order valence-corrected chi connectivity index (χ3v) is 5.40. The molecule has 0 unspecified atom stereocenters. The van der Waals surface area contributed by atoms with Gasteiger partial charge in [0.15, 0.2) is 6.17 Å². The van der Waals surface area contributed by atoms with Crippen molar-refractivity contribution in [3.8, 4) is 11.1 Å². The zero-order valence-corrected chi connectivity index (χ0v) is 18.6. The van der Waals surface area contributed by atoms with Crippen LogP contribution in [0.1, 0.15) is 34.6 Å². The number of esters is 1. The molecule has 0 fully saturated rings. The molecule has 32 heavy (non-hydrogen) atoms. The van der Waals surface area contributed by atoms with Crippen molar-refractivity contribution in [1.82, 2.24) is 5.32 Å². The Morgan fingerprint density at radius 2 is 1.53 bits per heavy atom. The molecular weight excluding hydrogens is 428 g/mol. The van der Waals surface area contributed by atoms with Crippen molar-refractivity contribution in [2.75, 3.05) is 18.5 Å². The fraction of sp³-hybridized carbons (Fsp3) is 0.208. The van der Waals surface area contributed by atoms with E-state index < -0.39 is 18.2 Å². The van der Waals surface area contributed by atoms with E-state index in [1.165, 1.54) is 11.3 Å². The Morgan fingerprint density at radius 3 is 2.16 bits per heavy atom. The van der Waals surface area contributed by atoms with Crippen molar-refractivity contribution < 1.29 is 23.9 Å². The number of hydrogen-bond donors (Lipinski definition) is 2. The van der Waals surface area contributed by atoms with E-state index in [1.54, 1.807) is 44.2 Å². The monoisotopic (exact) mass is 452 g/mol. The number of Topliss-reactive ketones (excluding diaryl/α,β-unsaturated/α-hetero) is 1. The van der Waals surface area contributed by atoms with Crippen molar-refractivity contribution in [2.45, 2.75) is 20.0 Å². The van der Waals surface area contributed by atoms with E-state index in [1.807, 2.05) is 35.7 Å². The lowest BCUT2D eigenvalue weighted by Gasteiger charge is -2.20. The molecule has 1 atom stereocenters. The Morgan fingerprint density at radius 1 is 0.906 bits per heavy atom. The van der Waals surface area contributed by atoms with Crippen LogP contribution in [-0.4, -0.2) is 37.2 Å². The third kappa shape index (κ3) is 5.53. The molecule has 166 valence electrons. The number of carbonyl (C=O) groups excluding carboxylic acids is 3. The molecule has 3 aromatic rings. The average molecular weight is 453 g/mol. The van der Waals surface area contributed by atoms with Crippen LogP contribution in [0.4, 0.5) is 9.80 Å². The Kier molecular flexibility index (Phi) is 7.99. The molecule has 2 aromatic carbocycles. The van der Waals surface area contributed by atoms with Crippen molar-refractivity contribution in [2.24, 2.45) is 0 Å². The second kappa shape index (κ2) is 11.1. The van der Waals surface area contributed by atoms with Gasteiger partial charge in [-0.3, -0.25) is 10.1 Å². The average Bonchev–Trinajstić information content (AvgIpc) is 3.23. The van der Waals surface area contributed by atoms with E-state index in [4.69, 9.17) is 9.47 Å². The van der Waals surface area contributed by atoms with E-state index in [9.17, 15) is 14.4 Å². The van der Waals surface area contributed by atoms with Gasteiger partial charge in [0.25, 0.3) is 0 Å². The third-order valence-electron chi connectivity index (χ3n) is 4.49. The number of rotatable bonds is 9. The molecule has 0 saturated heterocycles. The number of ether oxygens (including phenoxy) is 2. The second-order valence-corrected chi connectivity index (χ2v) is 7.49. The molecule has 8 heteroatoms. The molecule has 3 rings (SSSR count). The topological polar surface area (TPSA) is 93.7 Å². The highest BCUT2D eigenvalue weighted by Crippen LogP contribution is 2.36. The van der Waals surface area contributed by atoms with Gasteiger partial charge in [0.05, 0.1) is 13.2 Å². The zero-order valence-electron chi connectivity index (χ0n) is 17.8. The molecule has 0 aliphatic heterocycles. The van der Waals surface area contributed by atoms with E-state index in [2.05, 4.69) is 10.6 Å². The zero-order chi connectivity index (χ0) is 22.9. The summed E-state index contributed by atoms with van der Waals surface area (Å²) in [6, 6.07) is 18.0. The van der Waals surface area contributed by atoms with Crippen molar-refractivity contribution >= 4 is 34.2 Å². The normalized spacial score (nSPS) is 11.3. The number of ketones is 1. The van der Waals surface area contributed by atoms with Crippen LogP contribution in [-0.2, 0) is 9.47 Å². The van der Waals surface area contributed by atoms with Crippen LogP contribution in [0.15, 0.2) is 66.0 Å². The summed E-state index contributed by atoms with van der Waals surface area (Å²) >= 11 is 1.25. The second-order valence-electron chi connectivity index (χ2n) is 6.61. The molecule has 0 spiro atoms. The summed E-state index contributed by atoms with van der Waals surface area (Å²) in [5.74, 6) is -0.889. The highest BCUT2D eigenvalue weighted by atomic mass is 32.1. The summed E-state index contributed by atoms with van der Waals surface area (Å²) in [5.41, 5.74) is 2.22. The fourth-order valence-corrected chi connectivity index (χ4v) is 4.04. The van der Waals surface area contributed by atoms with Crippen LogP contribution in [0, 0.1) is 0 Å². The van der Waals surface area contributed by atoms with Crippen molar-refractivity contribution in [1.29, 1.82) is 0 Å². The lowest BCUT2D eigenvalue weighted by atomic mass is 10.0. The predicted molar refractivity (Wildman–Crippen MR) is 124 cm³/mol. The minimum atomic E-state index is -1.15. The minimum absolute atomic E-state index is 0.156. The Bertz CT molecular complexity index is 1070. The standard InChI is InChI=1S/C24H24N2O5S/c1-3-30-23(28)19-18(16-11-7-5-8-12-16)15-32-22(19)25-21(26-24(29)31-4-2)20(27)17-13-9-6-10-14-17/h5-15,21,25H,3-4H2,1-2H3,(H,26,29)/t21-/m1/s1. The summed E-state index contributed by atoms with van der Waals surface area (Å²) in [6.07, 6.45) is -1.89. The Hall–Kier alpha value is -3.65. The van der Waals surface area contributed by atoms with Gasteiger partial charge >= 0.3 is 12.1 Å². The largest absolute Gasteiger partial charge is 0.462 e. The van der Waals surface area contributed by atoms with Gasteiger partial charge in [0.1, 0.15) is 10.6 Å². The highest BCUT2D eigenvalue weighted by molar-refractivity contribution is 7.15. The number of carbonyl (C=O) groups is 3. The predicted octanol–water partition coefficient (Wildman–Crippen LogP) is 4.96. The van der Waals surface area contributed by atoms with Gasteiger partial charge < -0.3 is 14.8 Å². The molecule has 0 bridgehead atoms. The summed E-state index contributed by atoms with van der Waals surface area (Å²) in [4.78, 5) is 38.1. The lowest BCUT2D eigenvalue weighted by molar-refractivity contribution is 0.0528. The van der Waals surface area contributed by atoms with Crippen LogP contribution in [0.3, 0.4) is 0 Å². The van der Waals surface area contributed by atoms with Gasteiger partial charge in [-0.15, -0.1) is 11.3 Å². The van der Waals surface area contributed by atoms with Crippen LogP contribution >= 0.6 is 11.3 Å². The van der Waals surface area contributed by atoms with E-state index in [0.29, 0.717) is 21.7 Å². The van der Waals surface area contributed by atoms with Crippen molar-refractivity contribution in [3.63, 3.8) is 0 Å². The maximum atomic E-state index is 13.1. The Labute approximate surface area is 190 Å². The van der Waals surface area contributed by atoms with Gasteiger partial charge in [0.2, 0.25) is 5.78 Å². The van der Waals surface area contributed by atoms with Gasteiger partial charge in [-0.05, 0) is 19.4 Å². The molecule has 0 radical (unpaired) electrons. The summed E-state index contributed by atoms with van der Waals surface area (Å²) in [6.45, 7) is 3.76. The maximum Gasteiger partial charge on any atom is 0.409 e. The van der Waals surface area contributed by atoms with E-state index in [0.717, 1.165) is 5.56 Å². The molecule has 1 aromatic heterocycles. The maximum absolute atomic E-state index is 13.1. The van der Waals surface area contributed by atoms with E-state index in [-0.39, 0.29) is 19.0 Å². The summed E-state index contributed by atoms with van der Waals surface area (Å²) in [7, 11) is 0. The van der Waals surface area contributed by atoms with Crippen LogP contribution in [0.5, 0.6) is 0 Å².